The zero-order valence-corrected chi connectivity index (χ0v) is 9.47. The van der Waals surface area contributed by atoms with E-state index in [-0.39, 0.29) is 6.04 Å². The first-order chi connectivity index (χ1) is 7.19. The second-order valence-electron chi connectivity index (χ2n) is 3.39. The molecule has 5 nitrogen and oxygen atoms in total. The van der Waals surface area contributed by atoms with Gasteiger partial charge >= 0.3 is 0 Å². The van der Waals surface area contributed by atoms with E-state index < -0.39 is 0 Å². The van der Waals surface area contributed by atoms with Crippen molar-refractivity contribution in [3.8, 4) is 0 Å². The summed E-state index contributed by atoms with van der Waals surface area (Å²) in [5.41, 5.74) is 5.59. The Hall–Kier alpha value is -1.36. The minimum absolute atomic E-state index is 0.260. The molecule has 0 aliphatic heterocycles. The number of rotatable bonds is 5. The van der Waals surface area contributed by atoms with Crippen molar-refractivity contribution in [1.29, 1.82) is 0 Å². The minimum atomic E-state index is 0.260. The van der Waals surface area contributed by atoms with Crippen LogP contribution in [-0.4, -0.2) is 36.3 Å². The molecule has 0 saturated carbocycles. The molecule has 0 spiro atoms. The van der Waals surface area contributed by atoms with Crippen molar-refractivity contribution in [2.24, 2.45) is 0 Å². The Balaban J connectivity index is 2.82. The number of methoxy groups -OCH3 is 1. The van der Waals surface area contributed by atoms with Crippen LogP contribution >= 0.6 is 0 Å². The van der Waals surface area contributed by atoms with E-state index in [1.54, 1.807) is 19.5 Å². The lowest BCUT2D eigenvalue weighted by atomic mass is 10.3. The van der Waals surface area contributed by atoms with Gasteiger partial charge in [0.05, 0.1) is 25.0 Å². The first kappa shape index (κ1) is 11.7. The van der Waals surface area contributed by atoms with E-state index in [0.717, 1.165) is 12.4 Å². The van der Waals surface area contributed by atoms with Crippen LogP contribution in [0.4, 0.5) is 11.6 Å². The Labute approximate surface area is 90.3 Å². The van der Waals surface area contributed by atoms with Crippen LogP contribution in [0.1, 0.15) is 13.8 Å². The van der Waals surface area contributed by atoms with Gasteiger partial charge in [0, 0.05) is 13.7 Å². The molecule has 2 N–H and O–H groups in total. The number of ether oxygens (including phenoxy) is 1. The van der Waals surface area contributed by atoms with Gasteiger partial charge in [-0.15, -0.1) is 0 Å². The van der Waals surface area contributed by atoms with Gasteiger partial charge in [0.15, 0.2) is 0 Å². The number of hydrogen-bond acceptors (Lipinski definition) is 5. The largest absolute Gasteiger partial charge is 0.383 e. The highest BCUT2D eigenvalue weighted by Gasteiger charge is 2.13. The fourth-order valence-electron chi connectivity index (χ4n) is 1.54. The van der Waals surface area contributed by atoms with Crippen LogP contribution in [0.2, 0.25) is 0 Å². The monoisotopic (exact) mass is 210 g/mol. The summed E-state index contributed by atoms with van der Waals surface area (Å²) in [7, 11) is 1.69. The highest BCUT2D eigenvalue weighted by molar-refractivity contribution is 5.42. The average Bonchev–Trinajstić information content (AvgIpc) is 2.19. The number of likely N-dealkylation sites (N-methyl/N-ethyl adjacent to an activating group) is 1. The fraction of sp³-hybridized carbons (Fsp3) is 0.600. The highest BCUT2D eigenvalue weighted by Crippen LogP contribution is 2.13. The molecule has 0 aliphatic carbocycles. The SMILES string of the molecule is CCN(c1cncc(N)n1)C(C)COC. The van der Waals surface area contributed by atoms with Crippen molar-refractivity contribution in [1.82, 2.24) is 9.97 Å². The molecule has 15 heavy (non-hydrogen) atoms. The quantitative estimate of drug-likeness (QED) is 0.783. The van der Waals surface area contributed by atoms with Gasteiger partial charge in [-0.3, -0.25) is 4.98 Å². The van der Waals surface area contributed by atoms with Gasteiger partial charge in [-0.25, -0.2) is 4.98 Å². The molecule has 1 heterocycles. The molecule has 1 aromatic heterocycles. The van der Waals surface area contributed by atoms with E-state index in [1.165, 1.54) is 0 Å². The third-order valence-corrected chi connectivity index (χ3v) is 2.22. The lowest BCUT2D eigenvalue weighted by Gasteiger charge is -2.28. The summed E-state index contributed by atoms with van der Waals surface area (Å²) in [6.45, 7) is 5.65. The third-order valence-electron chi connectivity index (χ3n) is 2.22. The topological polar surface area (TPSA) is 64.3 Å². The molecule has 0 aliphatic rings. The van der Waals surface area contributed by atoms with Gasteiger partial charge in [0.25, 0.3) is 0 Å². The zero-order valence-electron chi connectivity index (χ0n) is 9.47. The Morgan fingerprint density at radius 1 is 1.53 bits per heavy atom. The van der Waals surface area contributed by atoms with Crippen molar-refractivity contribution in [3.05, 3.63) is 12.4 Å². The van der Waals surface area contributed by atoms with Gasteiger partial charge in [0.1, 0.15) is 11.6 Å². The van der Waals surface area contributed by atoms with Crippen molar-refractivity contribution in [2.45, 2.75) is 19.9 Å². The molecule has 0 aromatic carbocycles. The molecular formula is C10H18N4O. The van der Waals surface area contributed by atoms with E-state index in [1.807, 2.05) is 0 Å². The minimum Gasteiger partial charge on any atom is -0.383 e. The Morgan fingerprint density at radius 2 is 2.27 bits per heavy atom. The van der Waals surface area contributed by atoms with Crippen molar-refractivity contribution < 1.29 is 4.74 Å². The maximum atomic E-state index is 5.59. The third kappa shape index (κ3) is 3.06. The molecule has 0 amide bonds. The standard InChI is InChI=1S/C10H18N4O/c1-4-14(8(2)7-15-3)10-6-12-5-9(11)13-10/h5-6,8H,4,7H2,1-3H3,(H2,11,13). The lowest BCUT2D eigenvalue weighted by molar-refractivity contribution is 0.181. The van der Waals surface area contributed by atoms with E-state index in [4.69, 9.17) is 10.5 Å². The fourth-order valence-corrected chi connectivity index (χ4v) is 1.54. The molecule has 1 atom stereocenters. The molecule has 0 bridgehead atoms. The van der Waals surface area contributed by atoms with E-state index >= 15 is 0 Å². The summed E-state index contributed by atoms with van der Waals surface area (Å²) in [6, 6.07) is 0.260. The van der Waals surface area contributed by atoms with Gasteiger partial charge in [-0.05, 0) is 13.8 Å². The Bertz CT molecular complexity index is 305. The molecule has 1 rings (SSSR count). The predicted molar refractivity (Wildman–Crippen MR) is 60.8 cm³/mol. The van der Waals surface area contributed by atoms with Gasteiger partial charge in [0.2, 0.25) is 0 Å². The molecule has 84 valence electrons. The number of nitrogens with two attached hydrogens (primary N) is 1. The van der Waals surface area contributed by atoms with Crippen LogP contribution in [0.5, 0.6) is 0 Å². The summed E-state index contributed by atoms with van der Waals surface area (Å²) >= 11 is 0. The zero-order chi connectivity index (χ0) is 11.3. The van der Waals surface area contributed by atoms with Crippen molar-refractivity contribution in [2.75, 3.05) is 30.9 Å². The van der Waals surface area contributed by atoms with Crippen LogP contribution in [0, 0.1) is 0 Å². The molecule has 0 radical (unpaired) electrons. The summed E-state index contributed by atoms with van der Waals surface area (Å²) in [4.78, 5) is 10.4. The van der Waals surface area contributed by atoms with Crippen LogP contribution in [0.3, 0.4) is 0 Å². The van der Waals surface area contributed by atoms with E-state index in [0.29, 0.717) is 12.4 Å². The van der Waals surface area contributed by atoms with Crippen molar-refractivity contribution >= 4 is 11.6 Å². The smallest absolute Gasteiger partial charge is 0.149 e. The molecule has 1 aromatic rings. The summed E-state index contributed by atoms with van der Waals surface area (Å²) in [5.74, 6) is 1.23. The van der Waals surface area contributed by atoms with Gasteiger partial charge < -0.3 is 15.4 Å². The molecule has 1 unspecified atom stereocenters. The van der Waals surface area contributed by atoms with Gasteiger partial charge in [-0.1, -0.05) is 0 Å². The van der Waals surface area contributed by atoms with Crippen molar-refractivity contribution in [3.63, 3.8) is 0 Å². The molecule has 0 saturated heterocycles. The average molecular weight is 210 g/mol. The second-order valence-corrected chi connectivity index (χ2v) is 3.39. The number of anilines is 2. The first-order valence-corrected chi connectivity index (χ1v) is 5.02. The van der Waals surface area contributed by atoms with Crippen LogP contribution in [-0.2, 0) is 4.74 Å². The van der Waals surface area contributed by atoms with E-state index in [2.05, 4.69) is 28.7 Å². The molecular weight excluding hydrogens is 192 g/mol. The molecule has 0 fully saturated rings. The van der Waals surface area contributed by atoms with Gasteiger partial charge in [-0.2, -0.15) is 0 Å². The molecule has 5 heteroatoms. The maximum Gasteiger partial charge on any atom is 0.149 e. The number of aromatic nitrogens is 2. The number of nitrogens with zero attached hydrogens (tertiary/aromatic N) is 3. The summed E-state index contributed by atoms with van der Waals surface area (Å²) < 4.78 is 5.12. The van der Waals surface area contributed by atoms with Crippen LogP contribution in [0.15, 0.2) is 12.4 Å². The highest BCUT2D eigenvalue weighted by atomic mass is 16.5. The number of hydrogen-bond donors (Lipinski definition) is 1. The van der Waals surface area contributed by atoms with Crippen LogP contribution < -0.4 is 10.6 Å². The predicted octanol–water partition coefficient (Wildman–Crippen LogP) is 0.920. The normalized spacial score (nSPS) is 12.5. The Morgan fingerprint density at radius 3 is 2.80 bits per heavy atom. The number of nitrogen functional groups attached to an aromatic ring is 1. The first-order valence-electron chi connectivity index (χ1n) is 5.02. The maximum absolute atomic E-state index is 5.59. The van der Waals surface area contributed by atoms with Crippen LogP contribution in [0.25, 0.3) is 0 Å². The second kappa shape index (κ2) is 5.50. The van der Waals surface area contributed by atoms with E-state index in [9.17, 15) is 0 Å². The summed E-state index contributed by atoms with van der Waals surface area (Å²) in [5, 5.41) is 0. The Kier molecular flexibility index (Phi) is 4.30. The lowest BCUT2D eigenvalue weighted by Crippen LogP contribution is -2.36. The summed E-state index contributed by atoms with van der Waals surface area (Å²) in [6.07, 6.45) is 3.25.